The summed E-state index contributed by atoms with van der Waals surface area (Å²) in [6, 6.07) is 7.47. The molecule has 0 saturated heterocycles. The van der Waals surface area contributed by atoms with Gasteiger partial charge in [0.15, 0.2) is 0 Å². The number of aliphatic carboxylic acids is 1. The van der Waals surface area contributed by atoms with Gasteiger partial charge >= 0.3 is 5.97 Å². The number of carboxylic acids is 1. The van der Waals surface area contributed by atoms with Crippen molar-refractivity contribution in [2.24, 2.45) is 0 Å². The van der Waals surface area contributed by atoms with Crippen LogP contribution in [0.5, 0.6) is 0 Å². The summed E-state index contributed by atoms with van der Waals surface area (Å²) >= 11 is 0. The molecule has 1 N–H and O–H groups in total. The Balaban J connectivity index is 2.58. The van der Waals surface area contributed by atoms with Crippen LogP contribution in [0.15, 0.2) is 28.7 Å². The van der Waals surface area contributed by atoms with E-state index in [0.29, 0.717) is 0 Å². The van der Waals surface area contributed by atoms with Crippen LogP contribution in [0, 0.1) is 6.92 Å². The van der Waals surface area contributed by atoms with Crippen molar-refractivity contribution in [1.29, 1.82) is 0 Å². The molecule has 0 aliphatic heterocycles. The second-order valence-electron chi connectivity index (χ2n) is 4.54. The van der Waals surface area contributed by atoms with Gasteiger partial charge in [0.1, 0.15) is 11.3 Å². The SMILES string of the molecule is Cc1cc2ccc(C(C)(C)C(=O)O)cc2o1. The first-order valence-corrected chi connectivity index (χ1v) is 5.15. The molecule has 0 aliphatic rings. The summed E-state index contributed by atoms with van der Waals surface area (Å²) in [5.41, 5.74) is 0.598. The maximum atomic E-state index is 11.1. The van der Waals surface area contributed by atoms with E-state index in [1.54, 1.807) is 19.9 Å². The van der Waals surface area contributed by atoms with Crippen molar-refractivity contribution < 1.29 is 14.3 Å². The van der Waals surface area contributed by atoms with Gasteiger partial charge in [-0.2, -0.15) is 0 Å². The zero-order valence-electron chi connectivity index (χ0n) is 9.57. The van der Waals surface area contributed by atoms with Gasteiger partial charge in [-0.3, -0.25) is 4.79 Å². The third-order valence-corrected chi connectivity index (χ3v) is 2.90. The lowest BCUT2D eigenvalue weighted by Crippen LogP contribution is -2.28. The van der Waals surface area contributed by atoms with E-state index >= 15 is 0 Å². The summed E-state index contributed by atoms with van der Waals surface area (Å²) in [7, 11) is 0. The molecule has 0 amide bonds. The number of benzene rings is 1. The Bertz CT molecular complexity index is 549. The predicted molar refractivity (Wildman–Crippen MR) is 61.6 cm³/mol. The summed E-state index contributed by atoms with van der Waals surface area (Å²) in [4.78, 5) is 11.1. The van der Waals surface area contributed by atoms with Crippen molar-refractivity contribution in [3.63, 3.8) is 0 Å². The molecule has 1 heterocycles. The van der Waals surface area contributed by atoms with Crippen LogP contribution in [0.1, 0.15) is 25.2 Å². The third-order valence-electron chi connectivity index (χ3n) is 2.90. The largest absolute Gasteiger partial charge is 0.481 e. The number of hydrogen-bond donors (Lipinski definition) is 1. The average molecular weight is 218 g/mol. The molecule has 0 atom stereocenters. The lowest BCUT2D eigenvalue weighted by atomic mass is 9.84. The van der Waals surface area contributed by atoms with Crippen LogP contribution in [0.4, 0.5) is 0 Å². The highest BCUT2D eigenvalue weighted by molar-refractivity contribution is 5.84. The van der Waals surface area contributed by atoms with E-state index in [4.69, 9.17) is 9.52 Å². The topological polar surface area (TPSA) is 50.4 Å². The molecule has 2 aromatic rings. The van der Waals surface area contributed by atoms with Gasteiger partial charge in [0.2, 0.25) is 0 Å². The van der Waals surface area contributed by atoms with Crippen LogP contribution in [-0.2, 0) is 10.2 Å². The van der Waals surface area contributed by atoms with Crippen LogP contribution >= 0.6 is 0 Å². The molecular formula is C13H14O3. The zero-order valence-corrected chi connectivity index (χ0v) is 9.57. The summed E-state index contributed by atoms with van der Waals surface area (Å²) in [5, 5.41) is 10.1. The number of rotatable bonds is 2. The fourth-order valence-corrected chi connectivity index (χ4v) is 1.68. The Labute approximate surface area is 93.7 Å². The molecule has 3 nitrogen and oxygen atoms in total. The Morgan fingerprint density at radius 3 is 2.62 bits per heavy atom. The Morgan fingerprint density at radius 2 is 2.00 bits per heavy atom. The molecule has 0 saturated carbocycles. The Kier molecular flexibility index (Phi) is 2.26. The molecule has 1 aromatic carbocycles. The molecule has 0 unspecified atom stereocenters. The number of furan rings is 1. The predicted octanol–water partition coefficient (Wildman–Crippen LogP) is 3.10. The van der Waals surface area contributed by atoms with Gasteiger partial charge in [-0.25, -0.2) is 0 Å². The quantitative estimate of drug-likeness (QED) is 0.842. The van der Waals surface area contributed by atoms with E-state index in [0.717, 1.165) is 22.3 Å². The van der Waals surface area contributed by atoms with E-state index in [-0.39, 0.29) is 0 Å². The monoisotopic (exact) mass is 218 g/mol. The number of carbonyl (C=O) groups is 1. The Hall–Kier alpha value is -1.77. The highest BCUT2D eigenvalue weighted by Crippen LogP contribution is 2.28. The zero-order chi connectivity index (χ0) is 11.9. The highest BCUT2D eigenvalue weighted by Gasteiger charge is 2.29. The molecule has 0 radical (unpaired) electrons. The van der Waals surface area contributed by atoms with E-state index < -0.39 is 11.4 Å². The van der Waals surface area contributed by atoms with Crippen molar-refractivity contribution in [2.75, 3.05) is 0 Å². The maximum Gasteiger partial charge on any atom is 0.313 e. The minimum atomic E-state index is -0.894. The normalized spacial score (nSPS) is 11.9. The minimum Gasteiger partial charge on any atom is -0.481 e. The maximum absolute atomic E-state index is 11.1. The average Bonchev–Trinajstić information content (AvgIpc) is 2.56. The van der Waals surface area contributed by atoms with E-state index in [2.05, 4.69) is 0 Å². The first-order valence-electron chi connectivity index (χ1n) is 5.15. The molecule has 16 heavy (non-hydrogen) atoms. The van der Waals surface area contributed by atoms with Gasteiger partial charge in [0, 0.05) is 5.39 Å². The molecule has 0 spiro atoms. The molecule has 0 fully saturated rings. The second kappa shape index (κ2) is 3.37. The van der Waals surface area contributed by atoms with Crippen LogP contribution in [0.2, 0.25) is 0 Å². The number of hydrogen-bond acceptors (Lipinski definition) is 2. The summed E-state index contributed by atoms with van der Waals surface area (Å²) in [5.74, 6) is -0.00425. The van der Waals surface area contributed by atoms with Crippen LogP contribution in [0.25, 0.3) is 11.0 Å². The molecular weight excluding hydrogens is 204 g/mol. The van der Waals surface area contributed by atoms with Gasteiger partial charge in [-0.05, 0) is 38.5 Å². The van der Waals surface area contributed by atoms with Crippen molar-refractivity contribution in [3.05, 3.63) is 35.6 Å². The van der Waals surface area contributed by atoms with Crippen molar-refractivity contribution in [1.82, 2.24) is 0 Å². The first-order chi connectivity index (χ1) is 7.41. The Morgan fingerprint density at radius 1 is 1.31 bits per heavy atom. The molecule has 1 aromatic heterocycles. The highest BCUT2D eigenvalue weighted by atomic mass is 16.4. The number of aryl methyl sites for hydroxylation is 1. The first kappa shape index (κ1) is 10.7. The van der Waals surface area contributed by atoms with Gasteiger partial charge in [0.05, 0.1) is 5.41 Å². The molecule has 0 bridgehead atoms. The summed E-state index contributed by atoms with van der Waals surface area (Å²) < 4.78 is 5.49. The standard InChI is InChI=1S/C13H14O3/c1-8-6-9-4-5-10(7-11(9)16-8)13(2,3)12(14)15/h4-7H,1-3H3,(H,14,15). The molecule has 0 aliphatic carbocycles. The van der Waals surface area contributed by atoms with Gasteiger partial charge < -0.3 is 9.52 Å². The lowest BCUT2D eigenvalue weighted by Gasteiger charge is -2.19. The van der Waals surface area contributed by atoms with Gasteiger partial charge in [-0.15, -0.1) is 0 Å². The second-order valence-corrected chi connectivity index (χ2v) is 4.54. The van der Waals surface area contributed by atoms with Crippen LogP contribution in [0.3, 0.4) is 0 Å². The smallest absolute Gasteiger partial charge is 0.313 e. The van der Waals surface area contributed by atoms with E-state index in [1.807, 2.05) is 25.1 Å². The minimum absolute atomic E-state index is 0.740. The van der Waals surface area contributed by atoms with Crippen molar-refractivity contribution >= 4 is 16.9 Å². The fraction of sp³-hybridized carbons (Fsp3) is 0.308. The van der Waals surface area contributed by atoms with Gasteiger partial charge in [0.25, 0.3) is 0 Å². The lowest BCUT2D eigenvalue weighted by molar-refractivity contribution is -0.142. The van der Waals surface area contributed by atoms with E-state index in [9.17, 15) is 4.79 Å². The van der Waals surface area contributed by atoms with Crippen LogP contribution < -0.4 is 0 Å². The fourth-order valence-electron chi connectivity index (χ4n) is 1.68. The molecule has 84 valence electrons. The number of fused-ring (bicyclic) bond motifs is 1. The van der Waals surface area contributed by atoms with Gasteiger partial charge in [-0.1, -0.05) is 12.1 Å². The summed E-state index contributed by atoms with van der Waals surface area (Å²) in [6.45, 7) is 5.25. The van der Waals surface area contributed by atoms with Crippen molar-refractivity contribution in [3.8, 4) is 0 Å². The third kappa shape index (κ3) is 1.58. The summed E-state index contributed by atoms with van der Waals surface area (Å²) in [6.07, 6.45) is 0. The molecule has 3 heteroatoms. The molecule has 2 rings (SSSR count). The van der Waals surface area contributed by atoms with Crippen molar-refractivity contribution in [2.45, 2.75) is 26.2 Å². The van der Waals surface area contributed by atoms with Crippen LogP contribution in [-0.4, -0.2) is 11.1 Å². The number of carboxylic acid groups (broad SMARTS) is 1. The van der Waals surface area contributed by atoms with E-state index in [1.165, 1.54) is 0 Å².